The van der Waals surface area contributed by atoms with E-state index < -0.39 is 22.1 Å². The number of sulfonamides is 1. The molecule has 0 unspecified atom stereocenters. The molecule has 2 aliphatic heterocycles. The maximum absolute atomic E-state index is 13.1. The molecule has 0 aromatic carbocycles. The Hall–Kier alpha value is -1.46. The molecule has 2 saturated heterocycles. The summed E-state index contributed by atoms with van der Waals surface area (Å²) in [5.74, 6) is -0.245. The third-order valence-electron chi connectivity index (χ3n) is 5.23. The lowest BCUT2D eigenvalue weighted by atomic mass is 10.0. The molecule has 3 heterocycles. The van der Waals surface area contributed by atoms with Gasteiger partial charge in [-0.25, -0.2) is 8.42 Å². The van der Waals surface area contributed by atoms with Crippen molar-refractivity contribution in [3.8, 4) is 0 Å². The molecule has 11 heteroatoms. The third kappa shape index (κ3) is 6.52. The van der Waals surface area contributed by atoms with E-state index in [0.29, 0.717) is 54.9 Å². The lowest BCUT2D eigenvalue weighted by Gasteiger charge is -2.35. The van der Waals surface area contributed by atoms with E-state index in [2.05, 4.69) is 4.72 Å². The zero-order valence-corrected chi connectivity index (χ0v) is 20.0. The van der Waals surface area contributed by atoms with Crippen molar-refractivity contribution in [2.24, 2.45) is 5.92 Å². The van der Waals surface area contributed by atoms with Crippen LogP contribution in [-0.4, -0.2) is 75.0 Å². The molecule has 2 amide bonds. The van der Waals surface area contributed by atoms with Crippen molar-refractivity contribution in [2.75, 3.05) is 32.8 Å². The zero-order chi connectivity index (χ0) is 22.6. The number of carbonyl (C=O) groups is 2. The number of hydrogen-bond acceptors (Lipinski definition) is 6. The second kappa shape index (κ2) is 10.4. The molecular formula is C20H28ClN3O5S2. The molecule has 0 bridgehead atoms. The van der Waals surface area contributed by atoms with Gasteiger partial charge in [0.2, 0.25) is 21.8 Å². The van der Waals surface area contributed by atoms with Gasteiger partial charge in [-0.1, -0.05) is 25.4 Å². The Labute approximate surface area is 192 Å². The molecule has 2 fully saturated rings. The minimum absolute atomic E-state index is 0.0941. The fraction of sp³-hybridized carbons (Fsp3) is 0.600. The van der Waals surface area contributed by atoms with E-state index in [1.54, 1.807) is 17.0 Å². The predicted octanol–water partition coefficient (Wildman–Crippen LogP) is 2.17. The molecule has 3 rings (SSSR count). The van der Waals surface area contributed by atoms with Crippen LogP contribution in [0.4, 0.5) is 0 Å². The van der Waals surface area contributed by atoms with Gasteiger partial charge in [0.1, 0.15) is 12.1 Å². The average molecular weight is 490 g/mol. The smallest absolute Gasteiger partial charge is 0.245 e. The highest BCUT2D eigenvalue weighted by Crippen LogP contribution is 2.24. The quantitative estimate of drug-likeness (QED) is 0.603. The summed E-state index contributed by atoms with van der Waals surface area (Å²) in [4.78, 5) is 30.1. The average Bonchev–Trinajstić information content (AvgIpc) is 3.30. The van der Waals surface area contributed by atoms with Crippen LogP contribution in [0.15, 0.2) is 17.5 Å². The number of likely N-dealkylation sites (tertiary alicyclic amines) is 1. The van der Waals surface area contributed by atoms with E-state index in [9.17, 15) is 18.0 Å². The molecule has 1 N–H and O–H groups in total. The molecule has 172 valence electrons. The van der Waals surface area contributed by atoms with Gasteiger partial charge in [-0.2, -0.15) is 4.72 Å². The summed E-state index contributed by atoms with van der Waals surface area (Å²) in [6, 6.07) is 1.93. The van der Waals surface area contributed by atoms with Crippen LogP contribution in [0.3, 0.4) is 0 Å². The molecule has 8 nitrogen and oxygen atoms in total. The van der Waals surface area contributed by atoms with Crippen molar-refractivity contribution in [1.29, 1.82) is 0 Å². The number of nitrogens with one attached hydrogen (secondary N) is 1. The Morgan fingerprint density at radius 1 is 1.32 bits per heavy atom. The highest BCUT2D eigenvalue weighted by Gasteiger charge is 2.41. The minimum Gasteiger partial charge on any atom is -0.378 e. The Morgan fingerprint density at radius 3 is 2.65 bits per heavy atom. The van der Waals surface area contributed by atoms with Gasteiger partial charge >= 0.3 is 0 Å². The molecule has 31 heavy (non-hydrogen) atoms. The highest BCUT2D eigenvalue weighted by molar-refractivity contribution is 7.92. The van der Waals surface area contributed by atoms with Crippen LogP contribution in [0.1, 0.15) is 31.6 Å². The number of rotatable bonds is 8. The fourth-order valence-electron chi connectivity index (χ4n) is 3.74. The SMILES string of the molecule is CC(C)C[C@@H](C(=O)N1CCOCC1)N1CC[C@H](NS(=O)(=O)/C=C/c2ccc(Cl)s2)C1=O. The molecular weight excluding hydrogens is 462 g/mol. The van der Waals surface area contributed by atoms with Gasteiger partial charge < -0.3 is 14.5 Å². The number of carbonyl (C=O) groups excluding carboxylic acids is 2. The molecule has 0 saturated carbocycles. The summed E-state index contributed by atoms with van der Waals surface area (Å²) in [5, 5.41) is 1.04. The minimum atomic E-state index is -3.83. The Balaban J connectivity index is 1.68. The number of ether oxygens (including phenoxy) is 1. The van der Waals surface area contributed by atoms with E-state index in [-0.39, 0.29) is 17.7 Å². The molecule has 2 aliphatic rings. The van der Waals surface area contributed by atoms with Crippen LogP contribution in [0.25, 0.3) is 6.08 Å². The Morgan fingerprint density at radius 2 is 2.03 bits per heavy atom. The van der Waals surface area contributed by atoms with Crippen molar-refractivity contribution in [3.05, 3.63) is 26.8 Å². The van der Waals surface area contributed by atoms with Gasteiger partial charge in [0.25, 0.3) is 0 Å². The number of morpholine rings is 1. The van der Waals surface area contributed by atoms with Gasteiger partial charge in [-0.3, -0.25) is 9.59 Å². The molecule has 0 radical (unpaired) electrons. The van der Waals surface area contributed by atoms with Crippen molar-refractivity contribution >= 4 is 50.9 Å². The lowest BCUT2D eigenvalue weighted by molar-refractivity contribution is -0.147. The summed E-state index contributed by atoms with van der Waals surface area (Å²) in [6.07, 6.45) is 2.29. The third-order valence-corrected chi connectivity index (χ3v) is 7.53. The van der Waals surface area contributed by atoms with E-state index in [1.807, 2.05) is 13.8 Å². The second-order valence-corrected chi connectivity index (χ2v) is 11.4. The van der Waals surface area contributed by atoms with E-state index in [0.717, 1.165) is 5.41 Å². The molecule has 0 aliphatic carbocycles. The summed E-state index contributed by atoms with van der Waals surface area (Å²) >= 11 is 7.12. The number of amides is 2. The first-order chi connectivity index (χ1) is 14.7. The van der Waals surface area contributed by atoms with Crippen LogP contribution in [0.5, 0.6) is 0 Å². The maximum Gasteiger partial charge on any atom is 0.245 e. The van der Waals surface area contributed by atoms with Gasteiger partial charge in [-0.15, -0.1) is 11.3 Å². The molecule has 1 aromatic rings. The number of hydrogen-bond donors (Lipinski definition) is 1. The first kappa shape index (κ1) is 24.2. The van der Waals surface area contributed by atoms with Crippen LogP contribution < -0.4 is 4.72 Å². The largest absolute Gasteiger partial charge is 0.378 e. The standard InChI is InChI=1S/C20H28ClN3O5S2/c1-14(2)13-17(20(26)23-8-10-29-11-9-23)24-7-5-16(19(24)25)22-31(27,28)12-6-15-3-4-18(21)30-15/h3-4,6,12,14,16-17,22H,5,7-11,13H2,1-2H3/b12-6+/t16-,17-/m0/s1. The molecule has 1 aromatic heterocycles. The second-order valence-electron chi connectivity index (χ2n) is 8.06. The highest BCUT2D eigenvalue weighted by atomic mass is 35.5. The van der Waals surface area contributed by atoms with Crippen LogP contribution >= 0.6 is 22.9 Å². The first-order valence-corrected chi connectivity index (χ1v) is 13.0. The van der Waals surface area contributed by atoms with Crippen LogP contribution in [0, 0.1) is 5.92 Å². The van der Waals surface area contributed by atoms with E-state index >= 15 is 0 Å². The van der Waals surface area contributed by atoms with Gasteiger partial charge in [0, 0.05) is 29.9 Å². The predicted molar refractivity (Wildman–Crippen MR) is 121 cm³/mol. The van der Waals surface area contributed by atoms with Gasteiger partial charge in [0.05, 0.1) is 17.6 Å². The number of halogens is 1. The summed E-state index contributed by atoms with van der Waals surface area (Å²) in [5.41, 5.74) is 0. The van der Waals surface area contributed by atoms with Gasteiger partial charge in [-0.05, 0) is 37.0 Å². The van der Waals surface area contributed by atoms with Crippen molar-refractivity contribution < 1.29 is 22.7 Å². The first-order valence-electron chi connectivity index (χ1n) is 10.3. The fourth-order valence-corrected chi connectivity index (χ4v) is 5.80. The molecule has 0 spiro atoms. The van der Waals surface area contributed by atoms with Crippen molar-refractivity contribution in [1.82, 2.24) is 14.5 Å². The summed E-state index contributed by atoms with van der Waals surface area (Å²) < 4.78 is 33.3. The maximum atomic E-state index is 13.1. The monoisotopic (exact) mass is 489 g/mol. The summed E-state index contributed by atoms with van der Waals surface area (Å²) in [6.45, 7) is 6.32. The molecule has 2 atom stereocenters. The van der Waals surface area contributed by atoms with Crippen molar-refractivity contribution in [3.63, 3.8) is 0 Å². The van der Waals surface area contributed by atoms with Crippen LogP contribution in [-0.2, 0) is 24.3 Å². The lowest BCUT2D eigenvalue weighted by Crippen LogP contribution is -2.54. The van der Waals surface area contributed by atoms with Crippen LogP contribution in [0.2, 0.25) is 4.34 Å². The van der Waals surface area contributed by atoms with Gasteiger partial charge in [0.15, 0.2) is 0 Å². The summed E-state index contributed by atoms with van der Waals surface area (Å²) in [7, 11) is -3.83. The normalized spacial score (nSPS) is 21.4. The number of thiophene rings is 1. The van der Waals surface area contributed by atoms with Crippen molar-refractivity contribution in [2.45, 2.75) is 38.8 Å². The zero-order valence-electron chi connectivity index (χ0n) is 17.6. The Kier molecular flexibility index (Phi) is 8.14. The van der Waals surface area contributed by atoms with E-state index in [1.165, 1.54) is 22.3 Å². The number of nitrogens with zero attached hydrogens (tertiary/aromatic N) is 2. The Bertz CT molecular complexity index is 925. The van der Waals surface area contributed by atoms with E-state index in [4.69, 9.17) is 16.3 Å². The topological polar surface area (TPSA) is 96.0 Å².